The third-order valence-corrected chi connectivity index (χ3v) is 3.02. The fourth-order valence-corrected chi connectivity index (χ4v) is 2.15. The highest BCUT2D eigenvalue weighted by Crippen LogP contribution is 2.22. The lowest BCUT2D eigenvalue weighted by molar-refractivity contribution is -0.0507. The fourth-order valence-electron chi connectivity index (χ4n) is 2.15. The minimum absolute atomic E-state index is 0. The molecule has 0 atom stereocenters. The van der Waals surface area contributed by atoms with Crippen molar-refractivity contribution in [3.8, 4) is 5.75 Å². The summed E-state index contributed by atoms with van der Waals surface area (Å²) < 4.78 is 29.1. The van der Waals surface area contributed by atoms with Crippen LogP contribution >= 0.6 is 12.4 Å². The third kappa shape index (κ3) is 5.30. The van der Waals surface area contributed by atoms with Crippen molar-refractivity contribution in [3.05, 3.63) is 29.8 Å². The molecule has 0 aromatic heterocycles. The van der Waals surface area contributed by atoms with Gasteiger partial charge in [0, 0.05) is 25.2 Å². The summed E-state index contributed by atoms with van der Waals surface area (Å²) >= 11 is 0. The number of nitrogens with zero attached hydrogens (tertiary/aromatic N) is 1. The number of alkyl halides is 2. The second-order valence-corrected chi connectivity index (χ2v) is 4.37. The Morgan fingerprint density at radius 1 is 1.21 bits per heavy atom. The number of benzene rings is 1. The molecule has 0 unspecified atom stereocenters. The highest BCUT2D eigenvalue weighted by atomic mass is 35.5. The molecule has 0 radical (unpaired) electrons. The van der Waals surface area contributed by atoms with Gasteiger partial charge >= 0.3 is 6.61 Å². The Morgan fingerprint density at radius 3 is 2.79 bits per heavy atom. The van der Waals surface area contributed by atoms with Crippen LogP contribution in [0.3, 0.4) is 0 Å². The maximum absolute atomic E-state index is 12.3. The van der Waals surface area contributed by atoms with Crippen LogP contribution in [0.25, 0.3) is 0 Å². The van der Waals surface area contributed by atoms with Crippen molar-refractivity contribution in [1.29, 1.82) is 0 Å². The molecule has 108 valence electrons. The summed E-state index contributed by atoms with van der Waals surface area (Å²) in [4.78, 5) is 2.26. The standard InChI is InChI=1S/C13H18F2N2O.ClH/c14-13(15)18-12-5-2-1-4-11(12)10-17-8-3-6-16-7-9-17;/h1-2,4-5,13,16H,3,6-10H2;1H. The van der Waals surface area contributed by atoms with Gasteiger partial charge in [0.1, 0.15) is 5.75 Å². The Hall–Kier alpha value is -0.910. The van der Waals surface area contributed by atoms with E-state index in [1.807, 2.05) is 12.1 Å². The van der Waals surface area contributed by atoms with E-state index >= 15 is 0 Å². The minimum Gasteiger partial charge on any atom is -0.434 e. The summed E-state index contributed by atoms with van der Waals surface area (Å²) in [6.07, 6.45) is 1.08. The maximum Gasteiger partial charge on any atom is 0.387 e. The molecule has 6 heteroatoms. The number of hydrogen-bond acceptors (Lipinski definition) is 3. The molecule has 1 N–H and O–H groups in total. The van der Waals surface area contributed by atoms with Crippen molar-refractivity contribution in [3.63, 3.8) is 0 Å². The largest absolute Gasteiger partial charge is 0.434 e. The Balaban J connectivity index is 0.00000180. The molecule has 1 saturated heterocycles. The van der Waals surface area contributed by atoms with Crippen molar-refractivity contribution < 1.29 is 13.5 Å². The van der Waals surface area contributed by atoms with E-state index in [4.69, 9.17) is 0 Å². The van der Waals surface area contributed by atoms with Crippen molar-refractivity contribution in [2.75, 3.05) is 26.2 Å². The summed E-state index contributed by atoms with van der Waals surface area (Å²) in [6, 6.07) is 7.00. The van der Waals surface area contributed by atoms with Gasteiger partial charge in [-0.1, -0.05) is 18.2 Å². The van der Waals surface area contributed by atoms with Gasteiger partial charge in [0.2, 0.25) is 0 Å². The summed E-state index contributed by atoms with van der Waals surface area (Å²) in [5.41, 5.74) is 0.819. The van der Waals surface area contributed by atoms with Crippen molar-refractivity contribution in [2.24, 2.45) is 0 Å². The van der Waals surface area contributed by atoms with Gasteiger partial charge in [-0.15, -0.1) is 12.4 Å². The van der Waals surface area contributed by atoms with Gasteiger partial charge in [0.25, 0.3) is 0 Å². The molecule has 0 saturated carbocycles. The summed E-state index contributed by atoms with van der Waals surface area (Å²) in [5, 5.41) is 3.32. The number of hydrogen-bond donors (Lipinski definition) is 1. The number of rotatable bonds is 4. The van der Waals surface area contributed by atoms with E-state index in [-0.39, 0.29) is 18.2 Å². The van der Waals surface area contributed by atoms with Crippen LogP contribution in [0.4, 0.5) is 8.78 Å². The minimum atomic E-state index is -2.77. The first-order valence-electron chi connectivity index (χ1n) is 6.21. The lowest BCUT2D eigenvalue weighted by atomic mass is 10.2. The Bertz CT molecular complexity index is 371. The number of nitrogens with one attached hydrogen (secondary N) is 1. The van der Waals surface area contributed by atoms with Crippen LogP contribution in [0.5, 0.6) is 5.75 Å². The van der Waals surface area contributed by atoms with Gasteiger partial charge in [0.05, 0.1) is 0 Å². The van der Waals surface area contributed by atoms with Gasteiger partial charge in [-0.3, -0.25) is 4.90 Å². The molecular formula is C13H19ClF2N2O. The topological polar surface area (TPSA) is 24.5 Å². The third-order valence-electron chi connectivity index (χ3n) is 3.02. The zero-order valence-corrected chi connectivity index (χ0v) is 11.5. The molecule has 2 rings (SSSR count). The van der Waals surface area contributed by atoms with Crippen molar-refractivity contribution in [2.45, 2.75) is 19.6 Å². The van der Waals surface area contributed by atoms with E-state index in [2.05, 4.69) is 15.0 Å². The van der Waals surface area contributed by atoms with Crippen molar-refractivity contribution in [1.82, 2.24) is 10.2 Å². The average Bonchev–Trinajstić information content (AvgIpc) is 2.60. The predicted octanol–water partition coefficient (Wildman–Crippen LogP) is 2.51. The molecule has 1 fully saturated rings. The van der Waals surface area contributed by atoms with E-state index in [1.54, 1.807) is 12.1 Å². The zero-order valence-electron chi connectivity index (χ0n) is 10.6. The Morgan fingerprint density at radius 2 is 2.00 bits per heavy atom. The Labute approximate surface area is 118 Å². The normalized spacial score (nSPS) is 16.8. The second-order valence-electron chi connectivity index (χ2n) is 4.37. The highest BCUT2D eigenvalue weighted by Gasteiger charge is 2.13. The molecule has 0 bridgehead atoms. The van der Waals surface area contributed by atoms with Crippen LogP contribution in [0.15, 0.2) is 24.3 Å². The van der Waals surface area contributed by atoms with E-state index < -0.39 is 6.61 Å². The van der Waals surface area contributed by atoms with Crippen molar-refractivity contribution >= 4 is 12.4 Å². The fraction of sp³-hybridized carbons (Fsp3) is 0.538. The van der Waals surface area contributed by atoms with Crippen LogP contribution in [-0.4, -0.2) is 37.7 Å². The number of ether oxygens (including phenoxy) is 1. The first-order chi connectivity index (χ1) is 8.75. The van der Waals surface area contributed by atoms with E-state index in [1.165, 1.54) is 0 Å². The van der Waals surface area contributed by atoms with E-state index in [9.17, 15) is 8.78 Å². The quantitative estimate of drug-likeness (QED) is 0.923. The van der Waals surface area contributed by atoms with Gasteiger partial charge < -0.3 is 10.1 Å². The van der Waals surface area contributed by atoms with Crippen LogP contribution < -0.4 is 10.1 Å². The van der Waals surface area contributed by atoms with Crippen LogP contribution in [0.2, 0.25) is 0 Å². The van der Waals surface area contributed by atoms with Gasteiger partial charge in [-0.25, -0.2) is 0 Å². The lowest BCUT2D eigenvalue weighted by Gasteiger charge is -2.21. The average molecular weight is 293 g/mol. The summed E-state index contributed by atoms with van der Waals surface area (Å²) in [5.74, 6) is 0.282. The zero-order chi connectivity index (χ0) is 12.8. The highest BCUT2D eigenvalue weighted by molar-refractivity contribution is 5.85. The van der Waals surface area contributed by atoms with Crippen LogP contribution in [0, 0.1) is 0 Å². The van der Waals surface area contributed by atoms with Crippen LogP contribution in [-0.2, 0) is 6.54 Å². The molecule has 1 aliphatic heterocycles. The van der Waals surface area contributed by atoms with Gasteiger partial charge in [-0.2, -0.15) is 8.78 Å². The number of para-hydroxylation sites is 1. The molecule has 19 heavy (non-hydrogen) atoms. The summed E-state index contributed by atoms with van der Waals surface area (Å²) in [7, 11) is 0. The monoisotopic (exact) mass is 292 g/mol. The van der Waals surface area contributed by atoms with Crippen LogP contribution in [0.1, 0.15) is 12.0 Å². The maximum atomic E-state index is 12.3. The second kappa shape index (κ2) is 8.30. The SMILES string of the molecule is Cl.FC(F)Oc1ccccc1CN1CCCNCC1. The molecule has 0 amide bonds. The first-order valence-corrected chi connectivity index (χ1v) is 6.21. The molecule has 0 aliphatic carbocycles. The molecule has 1 aliphatic rings. The lowest BCUT2D eigenvalue weighted by Crippen LogP contribution is -2.27. The molecule has 1 heterocycles. The predicted molar refractivity (Wildman–Crippen MR) is 73.1 cm³/mol. The first kappa shape index (κ1) is 16.1. The van der Waals surface area contributed by atoms with E-state index in [0.29, 0.717) is 6.54 Å². The Kier molecular flexibility index (Phi) is 7.05. The molecular weight excluding hydrogens is 274 g/mol. The van der Waals surface area contributed by atoms with Gasteiger partial charge in [0.15, 0.2) is 0 Å². The smallest absolute Gasteiger partial charge is 0.387 e. The number of halogens is 3. The summed E-state index contributed by atoms with van der Waals surface area (Å²) in [6.45, 7) is 1.77. The molecule has 3 nitrogen and oxygen atoms in total. The van der Waals surface area contributed by atoms with E-state index in [0.717, 1.165) is 38.2 Å². The molecule has 0 spiro atoms. The molecule has 1 aromatic carbocycles. The molecule has 1 aromatic rings. The van der Waals surface area contributed by atoms with Gasteiger partial charge in [-0.05, 0) is 25.6 Å².